The molecular formula is C14H15BrFN3S. The minimum Gasteiger partial charge on any atom is -0.352 e. The van der Waals surface area contributed by atoms with Crippen molar-refractivity contribution in [2.24, 2.45) is 4.99 Å². The van der Waals surface area contributed by atoms with Crippen molar-refractivity contribution < 1.29 is 4.39 Å². The number of nitrogens with zero attached hydrogens (tertiary/aromatic N) is 1. The van der Waals surface area contributed by atoms with E-state index >= 15 is 0 Å². The molecule has 2 aromatic rings. The number of aliphatic imine (C=N–C) groups is 1. The Bertz CT molecular complexity index is 584. The molecule has 0 bridgehead atoms. The number of nitrogens with one attached hydrogen (secondary N) is 2. The van der Waals surface area contributed by atoms with E-state index in [0.717, 1.165) is 4.47 Å². The van der Waals surface area contributed by atoms with E-state index in [0.29, 0.717) is 24.6 Å². The molecule has 3 nitrogen and oxygen atoms in total. The predicted octanol–water partition coefficient (Wildman–Crippen LogP) is 3.51. The van der Waals surface area contributed by atoms with Gasteiger partial charge in [0, 0.05) is 28.5 Å². The summed E-state index contributed by atoms with van der Waals surface area (Å²) in [6, 6.07) is 8.95. The Morgan fingerprint density at radius 1 is 1.30 bits per heavy atom. The molecule has 0 aliphatic heterocycles. The van der Waals surface area contributed by atoms with Crippen LogP contribution in [0.25, 0.3) is 0 Å². The van der Waals surface area contributed by atoms with Gasteiger partial charge in [-0.25, -0.2) is 4.39 Å². The zero-order valence-electron chi connectivity index (χ0n) is 11.0. The number of thiophene rings is 1. The SMILES string of the molecule is CN=C(NCc1cccs1)NCc1cc(Br)ccc1F. The average molecular weight is 356 g/mol. The highest BCUT2D eigenvalue weighted by molar-refractivity contribution is 9.10. The summed E-state index contributed by atoms with van der Waals surface area (Å²) in [5.74, 6) is 0.423. The fraction of sp³-hybridized carbons (Fsp3) is 0.214. The van der Waals surface area contributed by atoms with Crippen LogP contribution in [0.2, 0.25) is 0 Å². The average Bonchev–Trinajstić information content (AvgIpc) is 2.96. The van der Waals surface area contributed by atoms with Gasteiger partial charge in [-0.2, -0.15) is 0 Å². The first-order chi connectivity index (χ1) is 9.69. The van der Waals surface area contributed by atoms with Gasteiger partial charge in [0.1, 0.15) is 5.82 Å². The number of hydrogen-bond donors (Lipinski definition) is 2. The van der Waals surface area contributed by atoms with Crippen molar-refractivity contribution in [3.63, 3.8) is 0 Å². The van der Waals surface area contributed by atoms with Crippen LogP contribution in [0.4, 0.5) is 4.39 Å². The van der Waals surface area contributed by atoms with Crippen molar-refractivity contribution in [1.29, 1.82) is 0 Å². The van der Waals surface area contributed by atoms with E-state index in [1.54, 1.807) is 30.5 Å². The van der Waals surface area contributed by atoms with E-state index in [4.69, 9.17) is 0 Å². The van der Waals surface area contributed by atoms with Crippen molar-refractivity contribution >= 4 is 33.2 Å². The number of rotatable bonds is 4. The standard InChI is InChI=1S/C14H15BrFN3S/c1-17-14(19-9-12-3-2-6-20-12)18-8-10-7-11(15)4-5-13(10)16/h2-7H,8-9H2,1H3,(H2,17,18,19). The Morgan fingerprint density at radius 2 is 2.10 bits per heavy atom. The molecule has 0 amide bonds. The van der Waals surface area contributed by atoms with Crippen molar-refractivity contribution in [2.75, 3.05) is 7.05 Å². The predicted molar refractivity (Wildman–Crippen MR) is 85.5 cm³/mol. The van der Waals surface area contributed by atoms with E-state index < -0.39 is 0 Å². The van der Waals surface area contributed by atoms with Gasteiger partial charge in [-0.3, -0.25) is 4.99 Å². The third-order valence-corrected chi connectivity index (χ3v) is 4.06. The highest BCUT2D eigenvalue weighted by Crippen LogP contribution is 2.15. The number of guanidine groups is 1. The quantitative estimate of drug-likeness (QED) is 0.650. The maximum Gasteiger partial charge on any atom is 0.191 e. The van der Waals surface area contributed by atoms with E-state index in [1.165, 1.54) is 10.9 Å². The van der Waals surface area contributed by atoms with Crippen LogP contribution in [0, 0.1) is 5.82 Å². The summed E-state index contributed by atoms with van der Waals surface area (Å²) >= 11 is 5.02. The maximum atomic E-state index is 13.6. The van der Waals surface area contributed by atoms with Crippen molar-refractivity contribution in [1.82, 2.24) is 10.6 Å². The number of hydrogen-bond acceptors (Lipinski definition) is 2. The first-order valence-corrected chi connectivity index (χ1v) is 7.77. The molecule has 1 aromatic carbocycles. The Hall–Kier alpha value is -1.40. The highest BCUT2D eigenvalue weighted by atomic mass is 79.9. The minimum atomic E-state index is -0.227. The van der Waals surface area contributed by atoms with Crippen LogP contribution in [0.3, 0.4) is 0 Å². The van der Waals surface area contributed by atoms with Crippen LogP contribution in [0.1, 0.15) is 10.4 Å². The number of halogens is 2. The van der Waals surface area contributed by atoms with Crippen molar-refractivity contribution in [2.45, 2.75) is 13.1 Å². The molecule has 2 rings (SSSR count). The molecule has 2 N–H and O–H groups in total. The van der Waals surface area contributed by atoms with Gasteiger partial charge < -0.3 is 10.6 Å². The van der Waals surface area contributed by atoms with Crippen LogP contribution in [0.5, 0.6) is 0 Å². The first kappa shape index (κ1) is 15.0. The van der Waals surface area contributed by atoms with Gasteiger partial charge in [0.15, 0.2) is 5.96 Å². The summed E-state index contributed by atoms with van der Waals surface area (Å²) in [5, 5.41) is 8.32. The molecule has 6 heteroatoms. The second-order valence-electron chi connectivity index (χ2n) is 4.09. The lowest BCUT2D eigenvalue weighted by Gasteiger charge is -2.12. The molecule has 0 fully saturated rings. The van der Waals surface area contributed by atoms with Crippen molar-refractivity contribution in [3.8, 4) is 0 Å². The third-order valence-electron chi connectivity index (χ3n) is 2.69. The molecule has 0 spiro atoms. The van der Waals surface area contributed by atoms with Crippen molar-refractivity contribution in [3.05, 3.63) is 56.4 Å². The van der Waals surface area contributed by atoms with E-state index in [2.05, 4.69) is 37.6 Å². The third kappa shape index (κ3) is 4.31. The lowest BCUT2D eigenvalue weighted by molar-refractivity contribution is 0.604. The fourth-order valence-electron chi connectivity index (χ4n) is 1.66. The lowest BCUT2D eigenvalue weighted by atomic mass is 10.2. The number of benzene rings is 1. The monoisotopic (exact) mass is 355 g/mol. The zero-order valence-corrected chi connectivity index (χ0v) is 13.4. The molecule has 0 saturated carbocycles. The molecule has 0 radical (unpaired) electrons. The molecule has 0 aliphatic rings. The van der Waals surface area contributed by atoms with Crippen LogP contribution in [-0.2, 0) is 13.1 Å². The second kappa shape index (κ2) is 7.40. The largest absolute Gasteiger partial charge is 0.352 e. The summed E-state index contributed by atoms with van der Waals surface area (Å²) < 4.78 is 14.5. The molecule has 0 aliphatic carbocycles. The van der Waals surface area contributed by atoms with Crippen LogP contribution >= 0.6 is 27.3 Å². The molecule has 0 saturated heterocycles. The lowest BCUT2D eigenvalue weighted by Crippen LogP contribution is -2.36. The molecular weight excluding hydrogens is 341 g/mol. The van der Waals surface area contributed by atoms with E-state index in [1.807, 2.05) is 11.4 Å². The molecule has 106 valence electrons. The van der Waals surface area contributed by atoms with Gasteiger partial charge in [0.05, 0.1) is 6.54 Å². The van der Waals surface area contributed by atoms with E-state index in [9.17, 15) is 4.39 Å². The minimum absolute atomic E-state index is 0.227. The zero-order chi connectivity index (χ0) is 14.4. The van der Waals surface area contributed by atoms with Gasteiger partial charge in [-0.15, -0.1) is 11.3 Å². The van der Waals surface area contributed by atoms with Gasteiger partial charge in [0.25, 0.3) is 0 Å². The van der Waals surface area contributed by atoms with Crippen LogP contribution < -0.4 is 10.6 Å². The Morgan fingerprint density at radius 3 is 2.80 bits per heavy atom. The smallest absolute Gasteiger partial charge is 0.191 e. The summed E-state index contributed by atoms with van der Waals surface area (Å²) in [4.78, 5) is 5.34. The highest BCUT2D eigenvalue weighted by Gasteiger charge is 2.04. The summed E-state index contributed by atoms with van der Waals surface area (Å²) in [5.41, 5.74) is 0.596. The Labute approximate surface area is 130 Å². The summed E-state index contributed by atoms with van der Waals surface area (Å²) in [7, 11) is 1.70. The van der Waals surface area contributed by atoms with Gasteiger partial charge >= 0.3 is 0 Å². The Balaban J connectivity index is 1.89. The normalized spacial score (nSPS) is 11.4. The Kier molecular flexibility index (Phi) is 5.55. The first-order valence-electron chi connectivity index (χ1n) is 6.10. The van der Waals surface area contributed by atoms with Gasteiger partial charge in [-0.05, 0) is 29.6 Å². The van der Waals surface area contributed by atoms with Crippen LogP contribution in [0.15, 0.2) is 45.2 Å². The second-order valence-corrected chi connectivity index (χ2v) is 6.04. The molecule has 1 heterocycles. The molecule has 0 atom stereocenters. The fourth-order valence-corrected chi connectivity index (χ4v) is 2.72. The van der Waals surface area contributed by atoms with Gasteiger partial charge in [0.2, 0.25) is 0 Å². The summed E-state index contributed by atoms with van der Waals surface area (Å²) in [6.07, 6.45) is 0. The molecule has 20 heavy (non-hydrogen) atoms. The molecule has 1 aromatic heterocycles. The topological polar surface area (TPSA) is 36.4 Å². The maximum absolute atomic E-state index is 13.6. The summed E-state index contributed by atoms with van der Waals surface area (Å²) in [6.45, 7) is 1.09. The van der Waals surface area contributed by atoms with E-state index in [-0.39, 0.29) is 5.82 Å². The molecule has 0 unspecified atom stereocenters. The van der Waals surface area contributed by atoms with Crippen LogP contribution in [-0.4, -0.2) is 13.0 Å². The van der Waals surface area contributed by atoms with Gasteiger partial charge in [-0.1, -0.05) is 22.0 Å².